The summed E-state index contributed by atoms with van der Waals surface area (Å²) >= 11 is 0. The standard InChI is InChI=1S/C11H14O5/c1-14-8-4-7(6-12)10(15-2)9(5-8)11(13)16-3/h4-5,12H,6H2,1-3H3. The Morgan fingerprint density at radius 3 is 2.38 bits per heavy atom. The zero-order valence-corrected chi connectivity index (χ0v) is 9.44. The van der Waals surface area contributed by atoms with Gasteiger partial charge in [0.25, 0.3) is 0 Å². The van der Waals surface area contributed by atoms with Gasteiger partial charge in [-0.05, 0) is 12.1 Å². The molecule has 0 saturated carbocycles. The van der Waals surface area contributed by atoms with Crippen molar-refractivity contribution in [2.75, 3.05) is 21.3 Å². The summed E-state index contributed by atoms with van der Waals surface area (Å²) in [7, 11) is 4.18. The van der Waals surface area contributed by atoms with Crippen LogP contribution in [0.2, 0.25) is 0 Å². The summed E-state index contributed by atoms with van der Waals surface area (Å²) < 4.78 is 14.7. The van der Waals surface area contributed by atoms with Crippen LogP contribution in [0.4, 0.5) is 0 Å². The van der Waals surface area contributed by atoms with Gasteiger partial charge in [-0.1, -0.05) is 0 Å². The smallest absolute Gasteiger partial charge is 0.341 e. The summed E-state index contributed by atoms with van der Waals surface area (Å²) in [6, 6.07) is 3.11. The molecule has 5 nitrogen and oxygen atoms in total. The molecule has 0 aromatic heterocycles. The van der Waals surface area contributed by atoms with E-state index in [-0.39, 0.29) is 12.2 Å². The molecule has 0 aliphatic heterocycles. The minimum absolute atomic E-state index is 0.230. The molecule has 0 fully saturated rings. The quantitative estimate of drug-likeness (QED) is 0.775. The predicted molar refractivity (Wildman–Crippen MR) is 56.8 cm³/mol. The molecule has 0 aliphatic rings. The highest BCUT2D eigenvalue weighted by molar-refractivity contribution is 5.93. The first-order valence-electron chi connectivity index (χ1n) is 4.62. The van der Waals surface area contributed by atoms with Crippen molar-refractivity contribution in [2.24, 2.45) is 0 Å². The molecule has 1 N–H and O–H groups in total. The molecule has 0 heterocycles. The van der Waals surface area contributed by atoms with E-state index in [0.717, 1.165) is 0 Å². The van der Waals surface area contributed by atoms with Gasteiger partial charge >= 0.3 is 5.97 Å². The molecule has 16 heavy (non-hydrogen) atoms. The average Bonchev–Trinajstić information content (AvgIpc) is 2.35. The maximum atomic E-state index is 11.5. The molecule has 0 bridgehead atoms. The van der Waals surface area contributed by atoms with E-state index < -0.39 is 5.97 Å². The van der Waals surface area contributed by atoms with Gasteiger partial charge in [0.15, 0.2) is 0 Å². The zero-order valence-electron chi connectivity index (χ0n) is 9.44. The van der Waals surface area contributed by atoms with Crippen molar-refractivity contribution in [1.82, 2.24) is 0 Å². The van der Waals surface area contributed by atoms with E-state index in [1.807, 2.05) is 0 Å². The fourth-order valence-corrected chi connectivity index (χ4v) is 1.40. The Morgan fingerprint density at radius 1 is 1.25 bits per heavy atom. The van der Waals surface area contributed by atoms with Crippen molar-refractivity contribution in [3.8, 4) is 11.5 Å². The van der Waals surface area contributed by atoms with Crippen molar-refractivity contribution in [3.05, 3.63) is 23.3 Å². The summed E-state index contributed by atoms with van der Waals surface area (Å²) in [5, 5.41) is 9.16. The van der Waals surface area contributed by atoms with Gasteiger partial charge in [0.05, 0.1) is 27.9 Å². The highest BCUT2D eigenvalue weighted by Crippen LogP contribution is 2.29. The summed E-state index contributed by atoms with van der Waals surface area (Å²) in [6.45, 7) is -0.246. The van der Waals surface area contributed by atoms with Crippen molar-refractivity contribution in [3.63, 3.8) is 0 Å². The fourth-order valence-electron chi connectivity index (χ4n) is 1.40. The molecule has 0 spiro atoms. The van der Waals surface area contributed by atoms with Crippen molar-refractivity contribution in [2.45, 2.75) is 6.61 Å². The van der Waals surface area contributed by atoms with Crippen LogP contribution in [0.5, 0.6) is 11.5 Å². The molecule has 0 amide bonds. The van der Waals surface area contributed by atoms with Crippen molar-refractivity contribution < 1.29 is 24.1 Å². The Labute approximate surface area is 93.6 Å². The average molecular weight is 226 g/mol. The van der Waals surface area contributed by atoms with E-state index in [0.29, 0.717) is 17.1 Å². The number of ether oxygens (including phenoxy) is 3. The van der Waals surface area contributed by atoms with Gasteiger partial charge in [-0.25, -0.2) is 4.79 Å². The SMILES string of the molecule is COC(=O)c1cc(OC)cc(CO)c1OC. The number of hydrogen-bond donors (Lipinski definition) is 1. The van der Waals surface area contributed by atoms with E-state index in [9.17, 15) is 4.79 Å². The number of esters is 1. The molecular weight excluding hydrogens is 212 g/mol. The molecule has 0 aliphatic carbocycles. The van der Waals surface area contributed by atoms with Crippen LogP contribution in [-0.2, 0) is 11.3 Å². The van der Waals surface area contributed by atoms with Crippen LogP contribution in [0, 0.1) is 0 Å². The van der Waals surface area contributed by atoms with E-state index in [1.165, 1.54) is 27.4 Å². The van der Waals surface area contributed by atoms with Gasteiger partial charge in [-0.15, -0.1) is 0 Å². The van der Waals surface area contributed by atoms with E-state index in [4.69, 9.17) is 14.6 Å². The lowest BCUT2D eigenvalue weighted by Crippen LogP contribution is -2.07. The Balaban J connectivity index is 3.36. The number of carbonyl (C=O) groups excluding carboxylic acids is 1. The molecule has 1 aromatic carbocycles. The number of carbonyl (C=O) groups is 1. The molecule has 88 valence electrons. The second kappa shape index (κ2) is 5.37. The third-order valence-corrected chi connectivity index (χ3v) is 2.15. The first kappa shape index (κ1) is 12.3. The lowest BCUT2D eigenvalue weighted by atomic mass is 10.1. The number of methoxy groups -OCH3 is 3. The molecule has 5 heteroatoms. The van der Waals surface area contributed by atoms with Gasteiger partial charge in [0.2, 0.25) is 0 Å². The van der Waals surface area contributed by atoms with Crippen LogP contribution in [0.25, 0.3) is 0 Å². The number of rotatable bonds is 4. The largest absolute Gasteiger partial charge is 0.497 e. The molecule has 1 rings (SSSR count). The van der Waals surface area contributed by atoms with Gasteiger partial charge in [0, 0.05) is 5.56 Å². The predicted octanol–water partition coefficient (Wildman–Crippen LogP) is 0.983. The number of hydrogen-bond acceptors (Lipinski definition) is 5. The highest BCUT2D eigenvalue weighted by atomic mass is 16.5. The van der Waals surface area contributed by atoms with E-state index in [2.05, 4.69) is 4.74 Å². The van der Waals surface area contributed by atoms with Crippen LogP contribution < -0.4 is 9.47 Å². The van der Waals surface area contributed by atoms with Gasteiger partial charge < -0.3 is 19.3 Å². The van der Waals surface area contributed by atoms with Gasteiger partial charge in [0.1, 0.15) is 17.1 Å². The third-order valence-electron chi connectivity index (χ3n) is 2.15. The Kier molecular flexibility index (Phi) is 4.13. The normalized spacial score (nSPS) is 9.75. The van der Waals surface area contributed by atoms with Gasteiger partial charge in [-0.3, -0.25) is 0 Å². The minimum Gasteiger partial charge on any atom is -0.497 e. The monoisotopic (exact) mass is 226 g/mol. The lowest BCUT2D eigenvalue weighted by Gasteiger charge is -2.12. The van der Waals surface area contributed by atoms with Crippen LogP contribution in [0.1, 0.15) is 15.9 Å². The van der Waals surface area contributed by atoms with Crippen LogP contribution in [-0.4, -0.2) is 32.4 Å². The highest BCUT2D eigenvalue weighted by Gasteiger charge is 2.18. The summed E-state index contributed by atoms with van der Waals surface area (Å²) in [4.78, 5) is 11.5. The number of aliphatic hydroxyl groups is 1. The first-order chi connectivity index (χ1) is 7.67. The summed E-state index contributed by atoms with van der Waals surface area (Å²) in [5.41, 5.74) is 0.704. The van der Waals surface area contributed by atoms with Gasteiger partial charge in [-0.2, -0.15) is 0 Å². The lowest BCUT2D eigenvalue weighted by molar-refractivity contribution is 0.0596. The molecule has 0 unspecified atom stereocenters. The topological polar surface area (TPSA) is 65.0 Å². The van der Waals surface area contributed by atoms with E-state index >= 15 is 0 Å². The molecule has 0 radical (unpaired) electrons. The maximum Gasteiger partial charge on any atom is 0.341 e. The molecule has 0 atom stereocenters. The van der Waals surface area contributed by atoms with E-state index in [1.54, 1.807) is 6.07 Å². The minimum atomic E-state index is -0.537. The third kappa shape index (κ3) is 2.25. The Bertz CT molecular complexity index is 386. The second-order valence-corrected chi connectivity index (χ2v) is 3.02. The number of aliphatic hydroxyl groups excluding tert-OH is 1. The van der Waals surface area contributed by atoms with Crippen LogP contribution in [0.3, 0.4) is 0 Å². The Morgan fingerprint density at radius 2 is 1.94 bits per heavy atom. The fraction of sp³-hybridized carbons (Fsp3) is 0.364. The molecule has 1 aromatic rings. The summed E-state index contributed by atoms with van der Waals surface area (Å²) in [6.07, 6.45) is 0. The summed E-state index contributed by atoms with van der Waals surface area (Å²) in [5.74, 6) is 0.228. The van der Waals surface area contributed by atoms with Crippen molar-refractivity contribution >= 4 is 5.97 Å². The molecular formula is C11H14O5. The Hall–Kier alpha value is -1.75. The zero-order chi connectivity index (χ0) is 12.1. The first-order valence-corrected chi connectivity index (χ1v) is 4.62. The van der Waals surface area contributed by atoms with Crippen molar-refractivity contribution in [1.29, 1.82) is 0 Å². The molecule has 0 saturated heterocycles. The number of benzene rings is 1. The second-order valence-electron chi connectivity index (χ2n) is 3.02. The van der Waals surface area contributed by atoms with Crippen LogP contribution in [0.15, 0.2) is 12.1 Å². The van der Waals surface area contributed by atoms with Crippen LogP contribution >= 0.6 is 0 Å². The maximum absolute atomic E-state index is 11.5.